The third-order valence-corrected chi connectivity index (χ3v) is 4.29. The maximum Gasteiger partial charge on any atom is 0.573 e. The van der Waals surface area contributed by atoms with E-state index in [1.54, 1.807) is 37.6 Å². The molecule has 0 aromatic heterocycles. The lowest BCUT2D eigenvalue weighted by Gasteiger charge is -2.18. The number of carbonyl (C=O) groups excluding carboxylic acids is 1. The normalized spacial score (nSPS) is 12.5. The Morgan fingerprint density at radius 2 is 1.64 bits per heavy atom. The first-order chi connectivity index (χ1) is 11.7. The van der Waals surface area contributed by atoms with E-state index < -0.39 is 17.2 Å². The smallest absolute Gasteiger partial charge is 0.406 e. The molecule has 0 saturated carbocycles. The maximum absolute atomic E-state index is 12.4. The highest BCUT2D eigenvalue weighted by Gasteiger charge is 2.30. The first kappa shape index (κ1) is 19.0. The molecular weight excluding hydrogens is 355 g/mol. The predicted molar refractivity (Wildman–Crippen MR) is 87.7 cm³/mol. The lowest BCUT2D eigenvalue weighted by molar-refractivity contribution is -0.274. The van der Waals surface area contributed by atoms with Gasteiger partial charge in [-0.2, -0.15) is 0 Å². The molecule has 0 saturated heterocycles. The molecule has 1 atom stereocenters. The lowest BCUT2D eigenvalue weighted by atomic mass is 10.1. The number of alkyl halides is 3. The van der Waals surface area contributed by atoms with E-state index in [4.69, 9.17) is 0 Å². The molecule has 0 fully saturated rings. The van der Waals surface area contributed by atoms with Gasteiger partial charge in [-0.1, -0.05) is 12.1 Å². The first-order valence-electron chi connectivity index (χ1n) is 7.19. The summed E-state index contributed by atoms with van der Waals surface area (Å²) in [5.41, 5.74) is 1.10. The summed E-state index contributed by atoms with van der Waals surface area (Å²) in [5, 5.41) is 0. The van der Waals surface area contributed by atoms with E-state index in [0.29, 0.717) is 16.0 Å². The molecule has 0 aliphatic carbocycles. The fourth-order valence-corrected chi connectivity index (χ4v) is 2.67. The molecule has 25 heavy (non-hydrogen) atoms. The molecule has 0 heterocycles. The molecule has 0 spiro atoms. The summed E-state index contributed by atoms with van der Waals surface area (Å²) >= 11 is 0. The lowest BCUT2D eigenvalue weighted by Crippen LogP contribution is -2.26. The van der Waals surface area contributed by atoms with Crippen LogP contribution < -0.4 is 4.74 Å². The van der Waals surface area contributed by atoms with Crippen molar-refractivity contribution >= 4 is 16.7 Å². The van der Waals surface area contributed by atoms with E-state index in [0.717, 1.165) is 0 Å². The fraction of sp³-hybridized carbons (Fsp3) is 0.235. The second-order valence-electron chi connectivity index (χ2n) is 5.33. The zero-order chi connectivity index (χ0) is 18.6. The Kier molecular flexibility index (Phi) is 5.84. The van der Waals surface area contributed by atoms with Gasteiger partial charge in [0.1, 0.15) is 5.75 Å². The Morgan fingerprint density at radius 1 is 1.08 bits per heavy atom. The molecule has 0 N–H and O–H groups in total. The van der Waals surface area contributed by atoms with E-state index in [-0.39, 0.29) is 18.2 Å². The van der Waals surface area contributed by atoms with Crippen LogP contribution in [0.15, 0.2) is 53.4 Å². The Labute approximate surface area is 145 Å². The number of halogens is 3. The van der Waals surface area contributed by atoms with Crippen LogP contribution in [-0.4, -0.2) is 34.7 Å². The second-order valence-corrected chi connectivity index (χ2v) is 6.71. The van der Waals surface area contributed by atoms with Gasteiger partial charge in [-0.15, -0.1) is 13.2 Å². The summed E-state index contributed by atoms with van der Waals surface area (Å²) in [6.07, 6.45) is -3.18. The Bertz CT molecular complexity index is 758. The largest absolute Gasteiger partial charge is 0.573 e. The van der Waals surface area contributed by atoms with Gasteiger partial charge in [-0.3, -0.25) is 9.00 Å². The van der Waals surface area contributed by atoms with Crippen LogP contribution in [0.1, 0.15) is 15.9 Å². The first-order valence-corrected chi connectivity index (χ1v) is 8.75. The molecule has 0 radical (unpaired) electrons. The van der Waals surface area contributed by atoms with Gasteiger partial charge in [0.25, 0.3) is 5.91 Å². The highest BCUT2D eigenvalue weighted by molar-refractivity contribution is 7.84. The highest BCUT2D eigenvalue weighted by Crippen LogP contribution is 2.23. The monoisotopic (exact) mass is 371 g/mol. The summed E-state index contributed by atoms with van der Waals surface area (Å²) in [5.74, 6) is -0.558. The number of benzene rings is 2. The number of ether oxygens (including phenoxy) is 1. The van der Waals surface area contributed by atoms with E-state index in [1.807, 2.05) is 0 Å². The molecular formula is C17H16F3NO3S. The molecule has 2 aromatic carbocycles. The van der Waals surface area contributed by atoms with Crippen LogP contribution in [0.2, 0.25) is 0 Å². The number of amides is 1. The molecule has 0 bridgehead atoms. The van der Waals surface area contributed by atoms with Crippen LogP contribution in [0.4, 0.5) is 13.2 Å². The second kappa shape index (κ2) is 7.69. The third-order valence-electron chi connectivity index (χ3n) is 3.36. The van der Waals surface area contributed by atoms with Crippen molar-refractivity contribution in [3.05, 3.63) is 59.7 Å². The zero-order valence-corrected chi connectivity index (χ0v) is 14.4. The van der Waals surface area contributed by atoms with Crippen LogP contribution in [0.5, 0.6) is 5.75 Å². The topological polar surface area (TPSA) is 46.6 Å². The molecule has 134 valence electrons. The van der Waals surface area contributed by atoms with Gasteiger partial charge < -0.3 is 9.64 Å². The third kappa shape index (κ3) is 5.60. The van der Waals surface area contributed by atoms with Crippen molar-refractivity contribution in [2.24, 2.45) is 0 Å². The van der Waals surface area contributed by atoms with Gasteiger partial charge in [0.2, 0.25) is 0 Å². The highest BCUT2D eigenvalue weighted by atomic mass is 32.2. The summed E-state index contributed by atoms with van der Waals surface area (Å²) in [6, 6.07) is 11.8. The Morgan fingerprint density at radius 3 is 2.12 bits per heavy atom. The van der Waals surface area contributed by atoms with Crippen molar-refractivity contribution in [1.29, 1.82) is 0 Å². The van der Waals surface area contributed by atoms with Crippen LogP contribution in [0, 0.1) is 0 Å². The van der Waals surface area contributed by atoms with E-state index in [9.17, 15) is 22.2 Å². The van der Waals surface area contributed by atoms with Crippen molar-refractivity contribution in [2.75, 3.05) is 13.3 Å². The van der Waals surface area contributed by atoms with Crippen LogP contribution in [0.25, 0.3) is 0 Å². The molecule has 8 heteroatoms. The quantitative estimate of drug-likeness (QED) is 0.807. The van der Waals surface area contributed by atoms with Crippen molar-refractivity contribution < 1.29 is 26.9 Å². The average molecular weight is 371 g/mol. The SMILES string of the molecule is CN(Cc1ccc(OC(F)(F)F)cc1)C(=O)c1ccc(S(C)=O)cc1. The minimum Gasteiger partial charge on any atom is -0.406 e. The van der Waals surface area contributed by atoms with Crippen molar-refractivity contribution in [1.82, 2.24) is 4.90 Å². The van der Waals surface area contributed by atoms with E-state index >= 15 is 0 Å². The number of nitrogens with zero attached hydrogens (tertiary/aromatic N) is 1. The van der Waals surface area contributed by atoms with E-state index in [2.05, 4.69) is 4.74 Å². The number of hydrogen-bond acceptors (Lipinski definition) is 3. The minimum atomic E-state index is -4.73. The zero-order valence-electron chi connectivity index (χ0n) is 13.5. The standard InChI is InChI=1S/C17H16F3NO3S/c1-21(16(22)13-5-9-15(10-6-13)25(2)23)11-12-3-7-14(8-4-12)24-17(18,19)20/h3-10H,11H2,1-2H3. The molecule has 1 unspecified atom stereocenters. The van der Waals surface area contributed by atoms with Crippen LogP contribution in [0.3, 0.4) is 0 Å². The number of carbonyl (C=O) groups is 1. The Balaban J connectivity index is 2.02. The minimum absolute atomic E-state index is 0.229. The summed E-state index contributed by atoms with van der Waals surface area (Å²) in [7, 11) is 0.472. The van der Waals surface area contributed by atoms with Crippen molar-refractivity contribution in [2.45, 2.75) is 17.8 Å². The summed E-state index contributed by atoms with van der Waals surface area (Å²) in [4.78, 5) is 14.4. The molecule has 2 aromatic rings. The average Bonchev–Trinajstić information content (AvgIpc) is 2.54. The maximum atomic E-state index is 12.4. The van der Waals surface area contributed by atoms with Gasteiger partial charge in [0.05, 0.1) is 0 Å². The predicted octanol–water partition coefficient (Wildman–Crippen LogP) is 3.59. The molecule has 0 aliphatic heterocycles. The number of hydrogen-bond donors (Lipinski definition) is 0. The summed E-state index contributed by atoms with van der Waals surface area (Å²) in [6.45, 7) is 0.229. The van der Waals surface area contributed by atoms with Crippen LogP contribution >= 0.6 is 0 Å². The molecule has 0 aliphatic rings. The van der Waals surface area contributed by atoms with Crippen molar-refractivity contribution in [3.8, 4) is 5.75 Å². The van der Waals surface area contributed by atoms with Crippen LogP contribution in [-0.2, 0) is 17.3 Å². The van der Waals surface area contributed by atoms with Gasteiger partial charge >= 0.3 is 6.36 Å². The fourth-order valence-electron chi connectivity index (χ4n) is 2.15. The van der Waals surface area contributed by atoms with E-state index in [1.165, 1.54) is 29.2 Å². The summed E-state index contributed by atoms with van der Waals surface area (Å²) < 4.78 is 51.5. The molecule has 2 rings (SSSR count). The molecule has 4 nitrogen and oxygen atoms in total. The Hall–Kier alpha value is -2.35. The van der Waals surface area contributed by atoms with Gasteiger partial charge in [-0.25, -0.2) is 0 Å². The molecule has 1 amide bonds. The number of rotatable bonds is 5. The van der Waals surface area contributed by atoms with Gasteiger partial charge in [-0.05, 0) is 42.0 Å². The van der Waals surface area contributed by atoms with Gasteiger partial charge in [0.15, 0.2) is 0 Å². The van der Waals surface area contributed by atoms with Gasteiger partial charge in [0, 0.05) is 41.1 Å². The van der Waals surface area contributed by atoms with Crippen molar-refractivity contribution in [3.63, 3.8) is 0 Å².